The second-order valence-corrected chi connectivity index (χ2v) is 9.07. The largest absolute Gasteiger partial charge is 0.493 e. The normalized spacial score (nSPS) is 11.1. The molecule has 180 valence electrons. The van der Waals surface area contributed by atoms with Crippen molar-refractivity contribution in [2.24, 2.45) is 0 Å². The zero-order valence-corrected chi connectivity index (χ0v) is 21.7. The Labute approximate surface area is 207 Å². The van der Waals surface area contributed by atoms with E-state index in [0.29, 0.717) is 0 Å². The van der Waals surface area contributed by atoms with Crippen molar-refractivity contribution in [3.63, 3.8) is 0 Å². The van der Waals surface area contributed by atoms with Crippen LogP contribution in [0.3, 0.4) is 0 Å². The highest BCUT2D eigenvalue weighted by atomic mass is 32.1. The second-order valence-electron chi connectivity index (χ2n) is 8.63. The van der Waals surface area contributed by atoms with Gasteiger partial charge < -0.3 is 9.47 Å². The Kier molecular flexibility index (Phi) is 13.5. The molecule has 0 bridgehead atoms. The van der Waals surface area contributed by atoms with E-state index in [2.05, 4.69) is 39.0 Å². The van der Waals surface area contributed by atoms with Crippen molar-refractivity contribution in [1.29, 1.82) is 0 Å². The van der Waals surface area contributed by atoms with Crippen LogP contribution in [-0.2, 0) is 6.42 Å². The molecule has 0 aliphatic rings. The average molecular weight is 467 g/mol. The van der Waals surface area contributed by atoms with Gasteiger partial charge in [0.05, 0.1) is 13.2 Å². The first-order valence-electron chi connectivity index (χ1n) is 12.9. The van der Waals surface area contributed by atoms with Crippen LogP contribution in [0.25, 0.3) is 6.08 Å². The van der Waals surface area contributed by atoms with Crippen LogP contribution in [0.15, 0.2) is 48.5 Å². The molecule has 0 fully saturated rings. The molecule has 33 heavy (non-hydrogen) atoms. The Morgan fingerprint density at radius 3 is 1.85 bits per heavy atom. The third kappa shape index (κ3) is 10.1. The molecule has 0 aromatic heterocycles. The number of ether oxygens (including phenoxy) is 2. The minimum absolute atomic E-state index is 0.752. The van der Waals surface area contributed by atoms with E-state index in [1.165, 1.54) is 44.1 Å². The van der Waals surface area contributed by atoms with Crippen LogP contribution < -0.4 is 9.47 Å². The number of unbranched alkanes of at least 4 members (excludes halogenated alkanes) is 6. The lowest BCUT2D eigenvalue weighted by Crippen LogP contribution is -2.05. The molecule has 0 aliphatic carbocycles. The molecule has 2 aromatic carbocycles. The molecular formula is C30H42O2S. The topological polar surface area (TPSA) is 18.5 Å². The maximum atomic E-state index is 6.31. The molecule has 0 aliphatic heterocycles. The monoisotopic (exact) mass is 466 g/mol. The number of benzene rings is 2. The van der Waals surface area contributed by atoms with E-state index in [0.717, 1.165) is 66.4 Å². The van der Waals surface area contributed by atoms with Gasteiger partial charge >= 0.3 is 0 Å². The van der Waals surface area contributed by atoms with E-state index >= 15 is 0 Å². The minimum atomic E-state index is 0.752. The summed E-state index contributed by atoms with van der Waals surface area (Å²) in [5.74, 6) is 1.93. The standard InChI is InChI=1S/C30H42O2S/c1-4-7-9-14-21-31-28-23-25(19-20-30(33)26-17-12-11-13-18-26)24-29(27(28)16-6-3)32-22-15-10-8-5-2/h11-13,17-20,23-24H,4-10,14-16,21-22H2,1-3H3. The fourth-order valence-corrected chi connectivity index (χ4v) is 3.99. The molecule has 0 saturated heterocycles. The van der Waals surface area contributed by atoms with E-state index in [1.807, 2.05) is 36.4 Å². The van der Waals surface area contributed by atoms with Crippen LogP contribution in [0.4, 0.5) is 0 Å². The summed E-state index contributed by atoms with van der Waals surface area (Å²) >= 11 is 5.62. The first-order chi connectivity index (χ1) is 16.2. The Balaban J connectivity index is 2.22. The third-order valence-corrected chi connectivity index (χ3v) is 6.06. The molecule has 2 rings (SSSR count). The molecule has 0 unspecified atom stereocenters. The average Bonchev–Trinajstić information content (AvgIpc) is 2.84. The SMILES string of the molecule is CCCCCCOc1cc(C=CC(=S)c2ccccc2)cc(OCCCCCC)c1CCC. The predicted octanol–water partition coefficient (Wildman–Crippen LogP) is 8.99. The number of rotatable bonds is 17. The number of thiocarbonyl (C=S) groups is 1. The molecule has 0 saturated carbocycles. The summed E-state index contributed by atoms with van der Waals surface area (Å²) in [5.41, 5.74) is 3.33. The van der Waals surface area contributed by atoms with Crippen LogP contribution in [0, 0.1) is 0 Å². The highest BCUT2D eigenvalue weighted by Crippen LogP contribution is 2.33. The van der Waals surface area contributed by atoms with Gasteiger partial charge in [0.25, 0.3) is 0 Å². The highest BCUT2D eigenvalue weighted by molar-refractivity contribution is 7.81. The van der Waals surface area contributed by atoms with E-state index in [4.69, 9.17) is 21.7 Å². The number of hydrogen-bond donors (Lipinski definition) is 0. The summed E-state index contributed by atoms with van der Waals surface area (Å²) in [6.07, 6.45) is 15.7. The van der Waals surface area contributed by atoms with Gasteiger partial charge in [-0.15, -0.1) is 0 Å². The van der Waals surface area contributed by atoms with Gasteiger partial charge in [-0.3, -0.25) is 0 Å². The molecular weight excluding hydrogens is 424 g/mol. The highest BCUT2D eigenvalue weighted by Gasteiger charge is 2.13. The lowest BCUT2D eigenvalue weighted by Gasteiger charge is -2.18. The summed E-state index contributed by atoms with van der Waals surface area (Å²) < 4.78 is 12.6. The van der Waals surface area contributed by atoms with E-state index in [9.17, 15) is 0 Å². The van der Waals surface area contributed by atoms with Crippen LogP contribution in [-0.4, -0.2) is 18.1 Å². The Bertz CT molecular complexity index is 807. The van der Waals surface area contributed by atoms with Gasteiger partial charge in [0.15, 0.2) is 0 Å². The van der Waals surface area contributed by atoms with E-state index < -0.39 is 0 Å². The zero-order chi connectivity index (χ0) is 23.7. The van der Waals surface area contributed by atoms with Crippen molar-refractivity contribution in [2.75, 3.05) is 13.2 Å². The van der Waals surface area contributed by atoms with Crippen molar-refractivity contribution in [2.45, 2.75) is 85.0 Å². The minimum Gasteiger partial charge on any atom is -0.493 e. The molecule has 0 atom stereocenters. The smallest absolute Gasteiger partial charge is 0.126 e. The quantitative estimate of drug-likeness (QED) is 0.100. The maximum Gasteiger partial charge on any atom is 0.126 e. The zero-order valence-electron chi connectivity index (χ0n) is 20.9. The number of allylic oxidation sites excluding steroid dienone is 1. The summed E-state index contributed by atoms with van der Waals surface area (Å²) in [5, 5.41) is 0. The van der Waals surface area contributed by atoms with Crippen molar-refractivity contribution in [3.05, 3.63) is 65.2 Å². The number of hydrogen-bond acceptors (Lipinski definition) is 3. The fourth-order valence-electron chi connectivity index (χ4n) is 3.78. The molecule has 0 N–H and O–H groups in total. The van der Waals surface area contributed by atoms with Crippen molar-refractivity contribution in [1.82, 2.24) is 0 Å². The fraction of sp³-hybridized carbons (Fsp3) is 0.500. The lowest BCUT2D eigenvalue weighted by molar-refractivity contribution is 0.284. The molecule has 2 aromatic rings. The van der Waals surface area contributed by atoms with Gasteiger partial charge in [-0.1, -0.05) is 114 Å². The Morgan fingerprint density at radius 2 is 1.33 bits per heavy atom. The van der Waals surface area contributed by atoms with E-state index in [-0.39, 0.29) is 0 Å². The second kappa shape index (κ2) is 16.5. The molecule has 0 heterocycles. The summed E-state index contributed by atoms with van der Waals surface area (Å²) in [4.78, 5) is 0.831. The molecule has 0 radical (unpaired) electrons. The van der Waals surface area contributed by atoms with Crippen molar-refractivity contribution in [3.8, 4) is 11.5 Å². The van der Waals surface area contributed by atoms with Crippen LogP contribution in [0.5, 0.6) is 11.5 Å². The van der Waals surface area contributed by atoms with Crippen LogP contribution in [0.2, 0.25) is 0 Å². The van der Waals surface area contributed by atoms with Crippen LogP contribution in [0.1, 0.15) is 95.2 Å². The van der Waals surface area contributed by atoms with E-state index in [1.54, 1.807) is 0 Å². The predicted molar refractivity (Wildman–Crippen MR) is 147 cm³/mol. The van der Waals surface area contributed by atoms with Crippen molar-refractivity contribution >= 4 is 23.2 Å². The first-order valence-corrected chi connectivity index (χ1v) is 13.3. The third-order valence-electron chi connectivity index (χ3n) is 5.69. The lowest BCUT2D eigenvalue weighted by atomic mass is 10.0. The Morgan fingerprint density at radius 1 is 0.758 bits per heavy atom. The first kappa shape index (κ1) is 27.1. The van der Waals surface area contributed by atoms with Gasteiger partial charge in [0, 0.05) is 10.4 Å². The molecule has 0 spiro atoms. The van der Waals surface area contributed by atoms with Gasteiger partial charge in [0.2, 0.25) is 0 Å². The maximum absolute atomic E-state index is 6.31. The molecule has 3 heteroatoms. The summed E-state index contributed by atoms with van der Waals surface area (Å²) in [6, 6.07) is 14.4. The molecule has 2 nitrogen and oxygen atoms in total. The van der Waals surface area contributed by atoms with Gasteiger partial charge in [-0.25, -0.2) is 0 Å². The van der Waals surface area contributed by atoms with Crippen molar-refractivity contribution < 1.29 is 9.47 Å². The molecule has 0 amide bonds. The van der Waals surface area contributed by atoms with Gasteiger partial charge in [-0.05, 0) is 48.6 Å². The summed E-state index contributed by atoms with van der Waals surface area (Å²) in [6.45, 7) is 8.19. The van der Waals surface area contributed by atoms with Crippen LogP contribution >= 0.6 is 12.2 Å². The summed E-state index contributed by atoms with van der Waals surface area (Å²) in [7, 11) is 0. The van der Waals surface area contributed by atoms with Gasteiger partial charge in [-0.2, -0.15) is 0 Å². The van der Waals surface area contributed by atoms with Gasteiger partial charge in [0.1, 0.15) is 11.5 Å². The Hall–Kier alpha value is -2.13.